The summed E-state index contributed by atoms with van der Waals surface area (Å²) in [4.78, 5) is 16.8. The van der Waals surface area contributed by atoms with E-state index in [4.69, 9.17) is 0 Å². The predicted octanol–water partition coefficient (Wildman–Crippen LogP) is 3.59. The van der Waals surface area contributed by atoms with E-state index in [-0.39, 0.29) is 11.7 Å². The number of hydrogen-bond acceptors (Lipinski definition) is 2. The Balaban J connectivity index is 1.52. The van der Waals surface area contributed by atoms with Crippen LogP contribution in [0, 0.1) is 5.82 Å². The largest absolute Gasteiger partial charge is 0.336 e. The average molecular weight is 391 g/mol. The molecular formula is C19H20BrFN2O. The van der Waals surface area contributed by atoms with Gasteiger partial charge in [-0.2, -0.15) is 0 Å². The zero-order chi connectivity index (χ0) is 16.9. The topological polar surface area (TPSA) is 23.6 Å². The highest BCUT2D eigenvalue weighted by atomic mass is 79.9. The summed E-state index contributed by atoms with van der Waals surface area (Å²) in [5.74, 6) is -0.381. The Bertz CT molecular complexity index is 700. The Morgan fingerprint density at radius 3 is 2.42 bits per heavy atom. The molecule has 1 saturated heterocycles. The molecule has 5 heteroatoms. The molecule has 2 aromatic rings. The minimum Gasteiger partial charge on any atom is -0.336 e. The van der Waals surface area contributed by atoms with Crippen molar-refractivity contribution in [3.63, 3.8) is 0 Å². The van der Waals surface area contributed by atoms with Crippen LogP contribution < -0.4 is 0 Å². The zero-order valence-electron chi connectivity index (χ0n) is 13.4. The number of amides is 1. The molecule has 0 bridgehead atoms. The summed E-state index contributed by atoms with van der Waals surface area (Å²) in [6.45, 7) is 4.16. The highest BCUT2D eigenvalue weighted by Gasteiger charge is 2.23. The van der Waals surface area contributed by atoms with Crippen LogP contribution in [0.25, 0.3) is 0 Å². The van der Waals surface area contributed by atoms with Crippen molar-refractivity contribution >= 4 is 21.8 Å². The van der Waals surface area contributed by atoms with Crippen LogP contribution in [0.1, 0.15) is 15.9 Å². The lowest BCUT2D eigenvalue weighted by Gasteiger charge is -2.35. The number of carbonyl (C=O) groups is 1. The van der Waals surface area contributed by atoms with Crippen LogP contribution in [0.5, 0.6) is 0 Å². The molecule has 0 unspecified atom stereocenters. The molecule has 3 nitrogen and oxygen atoms in total. The van der Waals surface area contributed by atoms with Crippen molar-refractivity contribution in [2.24, 2.45) is 0 Å². The van der Waals surface area contributed by atoms with Gasteiger partial charge in [-0.15, -0.1) is 0 Å². The van der Waals surface area contributed by atoms with Crippen molar-refractivity contribution in [2.75, 3.05) is 32.7 Å². The smallest absolute Gasteiger partial charge is 0.255 e. The summed E-state index contributed by atoms with van der Waals surface area (Å²) in [6.07, 6.45) is 1.03. The van der Waals surface area contributed by atoms with Gasteiger partial charge >= 0.3 is 0 Å². The molecule has 1 aliphatic rings. The van der Waals surface area contributed by atoms with Gasteiger partial charge in [0.2, 0.25) is 0 Å². The van der Waals surface area contributed by atoms with Crippen molar-refractivity contribution in [2.45, 2.75) is 6.42 Å². The molecule has 1 amide bonds. The fraction of sp³-hybridized carbons (Fsp3) is 0.316. The first kappa shape index (κ1) is 17.1. The summed E-state index contributed by atoms with van der Waals surface area (Å²) < 4.78 is 13.7. The van der Waals surface area contributed by atoms with Crippen molar-refractivity contribution in [3.8, 4) is 0 Å². The highest BCUT2D eigenvalue weighted by Crippen LogP contribution is 2.20. The van der Waals surface area contributed by atoms with Gasteiger partial charge in [0.25, 0.3) is 5.91 Å². The molecule has 2 aromatic carbocycles. The molecule has 0 radical (unpaired) electrons. The van der Waals surface area contributed by atoms with E-state index in [1.54, 1.807) is 6.07 Å². The predicted molar refractivity (Wildman–Crippen MR) is 96.6 cm³/mol. The number of piperazine rings is 1. The van der Waals surface area contributed by atoms with Crippen molar-refractivity contribution in [1.82, 2.24) is 9.80 Å². The first-order valence-electron chi connectivity index (χ1n) is 8.14. The second-order valence-corrected chi connectivity index (χ2v) is 6.85. The number of rotatable bonds is 4. The van der Waals surface area contributed by atoms with Gasteiger partial charge in [0.05, 0.1) is 5.56 Å². The lowest BCUT2D eigenvalue weighted by Crippen LogP contribution is -2.49. The SMILES string of the molecule is O=C(c1ccc(F)cc1Br)N1CCN(CCc2ccccc2)CC1. The van der Waals surface area contributed by atoms with Gasteiger partial charge in [0.1, 0.15) is 5.82 Å². The third-order valence-corrected chi connectivity index (χ3v) is 5.04. The number of carbonyl (C=O) groups excluding carboxylic acids is 1. The average Bonchev–Trinajstić information content (AvgIpc) is 2.61. The minimum atomic E-state index is -0.343. The second kappa shape index (κ2) is 7.90. The number of benzene rings is 2. The third kappa shape index (κ3) is 4.22. The first-order valence-corrected chi connectivity index (χ1v) is 8.93. The zero-order valence-corrected chi connectivity index (χ0v) is 15.0. The van der Waals surface area contributed by atoms with E-state index in [2.05, 4.69) is 45.1 Å². The maximum absolute atomic E-state index is 13.2. The van der Waals surface area contributed by atoms with E-state index in [0.717, 1.165) is 26.1 Å². The Morgan fingerprint density at radius 2 is 1.75 bits per heavy atom. The molecule has 1 heterocycles. The lowest BCUT2D eigenvalue weighted by molar-refractivity contribution is 0.0637. The molecule has 0 N–H and O–H groups in total. The van der Waals surface area contributed by atoms with Crippen molar-refractivity contribution < 1.29 is 9.18 Å². The number of hydrogen-bond donors (Lipinski definition) is 0. The van der Waals surface area contributed by atoms with Crippen molar-refractivity contribution in [1.29, 1.82) is 0 Å². The van der Waals surface area contributed by atoms with E-state index >= 15 is 0 Å². The molecule has 0 saturated carbocycles. The van der Waals surface area contributed by atoms with E-state index < -0.39 is 0 Å². The quantitative estimate of drug-likeness (QED) is 0.796. The molecular weight excluding hydrogens is 371 g/mol. The fourth-order valence-corrected chi connectivity index (χ4v) is 3.46. The summed E-state index contributed by atoms with van der Waals surface area (Å²) in [5, 5.41) is 0. The maximum atomic E-state index is 13.2. The van der Waals surface area contributed by atoms with Crippen LogP contribution in [0.15, 0.2) is 53.0 Å². The molecule has 3 rings (SSSR count). The molecule has 0 aliphatic carbocycles. The van der Waals surface area contributed by atoms with Crippen LogP contribution in [0.4, 0.5) is 4.39 Å². The second-order valence-electron chi connectivity index (χ2n) is 5.99. The molecule has 24 heavy (non-hydrogen) atoms. The highest BCUT2D eigenvalue weighted by molar-refractivity contribution is 9.10. The summed E-state index contributed by atoms with van der Waals surface area (Å²) >= 11 is 3.28. The van der Waals surface area contributed by atoms with Gasteiger partial charge in [-0.3, -0.25) is 9.69 Å². The standard InChI is InChI=1S/C19H20BrFN2O/c20-18-14-16(21)6-7-17(18)19(24)23-12-10-22(11-13-23)9-8-15-4-2-1-3-5-15/h1-7,14H,8-13H2. The van der Waals surface area contributed by atoms with Crippen LogP contribution in [-0.4, -0.2) is 48.4 Å². The van der Waals surface area contributed by atoms with Gasteiger partial charge < -0.3 is 4.90 Å². The van der Waals surface area contributed by atoms with Crippen LogP contribution in [0.3, 0.4) is 0 Å². The Morgan fingerprint density at radius 1 is 1.04 bits per heavy atom. The van der Waals surface area contributed by atoms with E-state index in [0.29, 0.717) is 23.1 Å². The van der Waals surface area contributed by atoms with E-state index in [1.165, 1.54) is 17.7 Å². The van der Waals surface area contributed by atoms with Crippen LogP contribution in [-0.2, 0) is 6.42 Å². The Kier molecular flexibility index (Phi) is 5.63. The lowest BCUT2D eigenvalue weighted by atomic mass is 10.1. The normalized spacial score (nSPS) is 15.5. The summed E-state index contributed by atoms with van der Waals surface area (Å²) in [7, 11) is 0. The van der Waals surface area contributed by atoms with Gasteiger partial charge in [-0.25, -0.2) is 4.39 Å². The summed E-state index contributed by atoms with van der Waals surface area (Å²) in [6, 6.07) is 14.7. The van der Waals surface area contributed by atoms with Gasteiger partial charge in [0.15, 0.2) is 0 Å². The number of halogens is 2. The maximum Gasteiger partial charge on any atom is 0.255 e. The summed E-state index contributed by atoms with van der Waals surface area (Å²) in [5.41, 5.74) is 1.86. The number of nitrogens with zero attached hydrogens (tertiary/aromatic N) is 2. The van der Waals surface area contributed by atoms with E-state index in [1.807, 2.05) is 11.0 Å². The third-order valence-electron chi connectivity index (χ3n) is 4.38. The Hall–Kier alpha value is -1.72. The molecule has 0 atom stereocenters. The van der Waals surface area contributed by atoms with Gasteiger partial charge in [-0.1, -0.05) is 30.3 Å². The monoisotopic (exact) mass is 390 g/mol. The fourth-order valence-electron chi connectivity index (χ4n) is 2.94. The van der Waals surface area contributed by atoms with Crippen LogP contribution in [0.2, 0.25) is 0 Å². The van der Waals surface area contributed by atoms with Crippen molar-refractivity contribution in [3.05, 3.63) is 69.9 Å². The Labute approximate surface area is 150 Å². The van der Waals surface area contributed by atoms with E-state index in [9.17, 15) is 9.18 Å². The molecule has 0 spiro atoms. The molecule has 126 valence electrons. The van der Waals surface area contributed by atoms with Gasteiger partial charge in [-0.05, 0) is 46.1 Å². The molecule has 1 aliphatic heterocycles. The van der Waals surface area contributed by atoms with Crippen LogP contribution >= 0.6 is 15.9 Å². The minimum absolute atomic E-state index is 0.0374. The first-order chi connectivity index (χ1) is 11.6. The molecule has 1 fully saturated rings. The van der Waals surface area contributed by atoms with Gasteiger partial charge in [0, 0.05) is 37.2 Å². The molecule has 0 aromatic heterocycles.